The molecule has 2 unspecified atom stereocenters. The molecule has 2 atom stereocenters. The summed E-state index contributed by atoms with van der Waals surface area (Å²) in [6.45, 7) is 2.14. The van der Waals surface area contributed by atoms with Crippen molar-refractivity contribution in [2.45, 2.75) is 31.8 Å². The van der Waals surface area contributed by atoms with Crippen molar-refractivity contribution in [3.8, 4) is 0 Å². The van der Waals surface area contributed by atoms with E-state index >= 15 is 0 Å². The molecule has 0 amide bonds. The summed E-state index contributed by atoms with van der Waals surface area (Å²) >= 11 is 5.96. The third-order valence-corrected chi connectivity index (χ3v) is 3.93. The molecule has 1 aromatic heterocycles. The third kappa shape index (κ3) is 2.99. The summed E-state index contributed by atoms with van der Waals surface area (Å²) in [6.07, 6.45) is 6.25. The number of hydrogen-bond donors (Lipinski definition) is 2. The monoisotopic (exact) mass is 275 g/mol. The van der Waals surface area contributed by atoms with Crippen molar-refractivity contribution >= 4 is 11.6 Å². The highest BCUT2D eigenvalue weighted by molar-refractivity contribution is 6.30. The van der Waals surface area contributed by atoms with E-state index in [0.29, 0.717) is 6.04 Å². The second-order valence-electron chi connectivity index (χ2n) is 5.23. The molecule has 1 saturated carbocycles. The van der Waals surface area contributed by atoms with Crippen LogP contribution >= 0.6 is 11.6 Å². The van der Waals surface area contributed by atoms with Crippen LogP contribution in [-0.2, 0) is 0 Å². The van der Waals surface area contributed by atoms with Gasteiger partial charge in [-0.2, -0.15) is 0 Å². The molecule has 2 N–H and O–H groups in total. The van der Waals surface area contributed by atoms with Crippen LogP contribution in [0.3, 0.4) is 0 Å². The van der Waals surface area contributed by atoms with Gasteiger partial charge in [-0.3, -0.25) is 0 Å². The number of nitrogens with zero attached hydrogens (tertiary/aromatic N) is 1. The van der Waals surface area contributed by atoms with Crippen molar-refractivity contribution in [1.82, 2.24) is 15.3 Å². The number of aromatic nitrogens is 2. The fraction of sp³-hybridized carbons (Fsp3) is 0.400. The minimum atomic E-state index is 0.219. The first kappa shape index (κ1) is 12.7. The number of rotatable bonds is 5. The Balaban J connectivity index is 1.76. The second kappa shape index (κ2) is 5.35. The van der Waals surface area contributed by atoms with Gasteiger partial charge in [0.2, 0.25) is 0 Å². The van der Waals surface area contributed by atoms with Crippen LogP contribution in [0.15, 0.2) is 36.7 Å². The van der Waals surface area contributed by atoms with E-state index < -0.39 is 0 Å². The first-order valence-electron chi connectivity index (χ1n) is 6.75. The van der Waals surface area contributed by atoms with Crippen LogP contribution in [0.5, 0.6) is 0 Å². The number of imidazole rings is 1. The molecule has 1 aliphatic rings. The first-order chi connectivity index (χ1) is 9.24. The van der Waals surface area contributed by atoms with Gasteiger partial charge in [-0.05, 0) is 43.4 Å². The van der Waals surface area contributed by atoms with Crippen molar-refractivity contribution in [3.63, 3.8) is 0 Å². The number of nitrogens with one attached hydrogen (secondary N) is 2. The Morgan fingerprint density at radius 1 is 1.32 bits per heavy atom. The fourth-order valence-electron chi connectivity index (χ4n) is 2.47. The lowest BCUT2D eigenvalue weighted by molar-refractivity contribution is 0.418. The van der Waals surface area contributed by atoms with Gasteiger partial charge in [0.25, 0.3) is 0 Å². The van der Waals surface area contributed by atoms with E-state index in [1.54, 1.807) is 6.20 Å². The molecule has 0 spiro atoms. The molecule has 2 aromatic rings. The number of aromatic amines is 1. The van der Waals surface area contributed by atoms with E-state index in [1.807, 2.05) is 18.3 Å². The average Bonchev–Trinajstić information content (AvgIpc) is 3.10. The Kier molecular flexibility index (Phi) is 3.58. The molecular weight excluding hydrogens is 258 g/mol. The van der Waals surface area contributed by atoms with Gasteiger partial charge < -0.3 is 10.3 Å². The SMILES string of the molecule is CC(NC(c1ccc(Cl)cc1)C1CC1)c1ncc[nH]1. The zero-order chi connectivity index (χ0) is 13.2. The van der Waals surface area contributed by atoms with Crippen LogP contribution in [0.2, 0.25) is 5.02 Å². The molecule has 1 fully saturated rings. The van der Waals surface area contributed by atoms with Gasteiger partial charge in [-0.25, -0.2) is 4.98 Å². The Morgan fingerprint density at radius 3 is 2.63 bits per heavy atom. The van der Waals surface area contributed by atoms with Crippen LogP contribution in [0.1, 0.15) is 43.2 Å². The zero-order valence-corrected chi connectivity index (χ0v) is 11.7. The van der Waals surface area contributed by atoms with E-state index in [1.165, 1.54) is 18.4 Å². The molecular formula is C15H18ClN3. The third-order valence-electron chi connectivity index (χ3n) is 3.68. The lowest BCUT2D eigenvalue weighted by Crippen LogP contribution is -2.26. The lowest BCUT2D eigenvalue weighted by atomic mass is 10.0. The minimum absolute atomic E-state index is 0.219. The van der Waals surface area contributed by atoms with E-state index in [9.17, 15) is 0 Å². The van der Waals surface area contributed by atoms with Crippen LogP contribution in [-0.4, -0.2) is 9.97 Å². The molecule has 0 radical (unpaired) electrons. The molecule has 0 saturated heterocycles. The number of halogens is 1. The summed E-state index contributed by atoms with van der Waals surface area (Å²) in [5.74, 6) is 1.72. The zero-order valence-electron chi connectivity index (χ0n) is 10.9. The van der Waals surface area contributed by atoms with Crippen LogP contribution in [0, 0.1) is 5.92 Å². The van der Waals surface area contributed by atoms with E-state index in [0.717, 1.165) is 16.8 Å². The molecule has 4 heteroatoms. The Hall–Kier alpha value is -1.32. The van der Waals surface area contributed by atoms with Crippen molar-refractivity contribution < 1.29 is 0 Å². The topological polar surface area (TPSA) is 40.7 Å². The highest BCUT2D eigenvalue weighted by Crippen LogP contribution is 2.42. The number of benzene rings is 1. The normalized spacial score (nSPS) is 18.2. The summed E-state index contributed by atoms with van der Waals surface area (Å²) in [6, 6.07) is 8.77. The largest absolute Gasteiger partial charge is 0.347 e. The van der Waals surface area contributed by atoms with E-state index in [-0.39, 0.29) is 6.04 Å². The van der Waals surface area contributed by atoms with E-state index in [2.05, 4.69) is 34.3 Å². The van der Waals surface area contributed by atoms with Gasteiger partial charge in [-0.1, -0.05) is 23.7 Å². The molecule has 1 aliphatic carbocycles. The molecule has 0 bridgehead atoms. The maximum atomic E-state index is 5.96. The standard InChI is InChI=1S/C15H18ClN3/c1-10(15-17-8-9-18-15)19-14(11-2-3-11)12-4-6-13(16)7-5-12/h4-11,14,19H,2-3H2,1H3,(H,17,18). The Labute approximate surface area is 118 Å². The van der Waals surface area contributed by atoms with Gasteiger partial charge in [-0.15, -0.1) is 0 Å². The summed E-state index contributed by atoms with van der Waals surface area (Å²) in [5, 5.41) is 4.47. The molecule has 1 heterocycles. The quantitative estimate of drug-likeness (QED) is 0.870. The minimum Gasteiger partial charge on any atom is -0.347 e. The summed E-state index contributed by atoms with van der Waals surface area (Å²) in [5.41, 5.74) is 1.31. The molecule has 100 valence electrons. The molecule has 3 nitrogen and oxygen atoms in total. The highest BCUT2D eigenvalue weighted by Gasteiger charge is 2.33. The number of hydrogen-bond acceptors (Lipinski definition) is 2. The Bertz CT molecular complexity index is 517. The predicted octanol–water partition coefficient (Wildman–Crippen LogP) is 3.87. The maximum Gasteiger partial charge on any atom is 0.122 e. The van der Waals surface area contributed by atoms with Crippen molar-refractivity contribution in [2.24, 2.45) is 5.92 Å². The highest BCUT2D eigenvalue weighted by atomic mass is 35.5. The molecule has 3 rings (SSSR count). The average molecular weight is 276 g/mol. The van der Waals surface area contributed by atoms with Gasteiger partial charge >= 0.3 is 0 Å². The van der Waals surface area contributed by atoms with Gasteiger partial charge in [0.05, 0.1) is 6.04 Å². The second-order valence-corrected chi connectivity index (χ2v) is 5.67. The maximum absolute atomic E-state index is 5.96. The summed E-state index contributed by atoms with van der Waals surface area (Å²) in [7, 11) is 0. The van der Waals surface area contributed by atoms with Crippen LogP contribution in [0.25, 0.3) is 0 Å². The van der Waals surface area contributed by atoms with Gasteiger partial charge in [0.1, 0.15) is 5.82 Å². The first-order valence-corrected chi connectivity index (χ1v) is 7.12. The van der Waals surface area contributed by atoms with Crippen molar-refractivity contribution in [3.05, 3.63) is 53.1 Å². The van der Waals surface area contributed by atoms with E-state index in [4.69, 9.17) is 11.6 Å². The smallest absolute Gasteiger partial charge is 0.122 e. The molecule has 1 aromatic carbocycles. The Morgan fingerprint density at radius 2 is 2.05 bits per heavy atom. The van der Waals surface area contributed by atoms with Crippen LogP contribution < -0.4 is 5.32 Å². The summed E-state index contributed by atoms with van der Waals surface area (Å²) < 4.78 is 0. The van der Waals surface area contributed by atoms with Crippen molar-refractivity contribution in [2.75, 3.05) is 0 Å². The predicted molar refractivity (Wildman–Crippen MR) is 77.1 cm³/mol. The van der Waals surface area contributed by atoms with Gasteiger partial charge in [0.15, 0.2) is 0 Å². The number of H-pyrrole nitrogens is 1. The van der Waals surface area contributed by atoms with Gasteiger partial charge in [0, 0.05) is 23.5 Å². The van der Waals surface area contributed by atoms with Crippen LogP contribution in [0.4, 0.5) is 0 Å². The van der Waals surface area contributed by atoms with Crippen molar-refractivity contribution in [1.29, 1.82) is 0 Å². The fourth-order valence-corrected chi connectivity index (χ4v) is 2.59. The molecule has 19 heavy (non-hydrogen) atoms. The lowest BCUT2D eigenvalue weighted by Gasteiger charge is -2.22. The molecule has 0 aliphatic heterocycles. The summed E-state index contributed by atoms with van der Waals surface area (Å²) in [4.78, 5) is 7.49.